The molecule has 2 aromatic rings. The van der Waals surface area contributed by atoms with Crippen molar-refractivity contribution in [3.05, 3.63) is 63.9 Å². The number of likely N-dealkylation sites (tertiary alicyclic amines) is 1. The molecule has 3 N–H and O–H groups in total. The third kappa shape index (κ3) is 3.58. The highest BCUT2D eigenvalue weighted by molar-refractivity contribution is 9.10. The number of urea groups is 1. The number of hydrogen-bond donors (Lipinski definition) is 2. The van der Waals surface area contributed by atoms with Gasteiger partial charge in [-0.05, 0) is 76.7 Å². The van der Waals surface area contributed by atoms with Gasteiger partial charge in [0.1, 0.15) is 5.82 Å². The molecule has 6 amide bonds. The van der Waals surface area contributed by atoms with E-state index in [0.29, 0.717) is 16.0 Å². The zero-order valence-corrected chi connectivity index (χ0v) is 24.7. The lowest BCUT2D eigenvalue weighted by molar-refractivity contribution is -0.136. The van der Waals surface area contributed by atoms with E-state index in [9.17, 15) is 33.5 Å². The van der Waals surface area contributed by atoms with Crippen LogP contribution in [0.15, 0.2) is 52.5 Å². The number of carbonyl (C=O) groups excluding carboxylic acids is 5. The molecule has 2 heterocycles. The molecule has 0 radical (unpaired) electrons. The average molecular weight is 681 g/mol. The summed E-state index contributed by atoms with van der Waals surface area (Å²) in [5.74, 6) is -8.28. The van der Waals surface area contributed by atoms with E-state index in [1.807, 2.05) is 0 Å². The van der Waals surface area contributed by atoms with Crippen LogP contribution in [0.5, 0.6) is 11.5 Å². The second-order valence-electron chi connectivity index (χ2n) is 10.7. The Hall–Kier alpha value is -3.48. The zero-order chi connectivity index (χ0) is 30.5. The number of methoxy groups -OCH3 is 1. The Kier molecular flexibility index (Phi) is 6.49. The number of nitrogens with two attached hydrogens (primary N) is 1. The SMILES string of the molecule is COc1cc(C2C3=CCC4C(=O)N(C(N)=O)C(=O)C4C3CC3(Cl)C(=O)N(c4ccc(F)cc4)C(=O)C23Cl)cc(Br)c1O. The van der Waals surface area contributed by atoms with Crippen molar-refractivity contribution in [2.75, 3.05) is 12.0 Å². The van der Waals surface area contributed by atoms with Gasteiger partial charge in [-0.3, -0.25) is 19.2 Å². The highest BCUT2D eigenvalue weighted by Gasteiger charge is 2.76. The van der Waals surface area contributed by atoms with Gasteiger partial charge >= 0.3 is 6.03 Å². The maximum absolute atomic E-state index is 14.3. The number of phenolic OH excluding ortho intramolecular Hbond substituents is 1. The first kappa shape index (κ1) is 28.6. The summed E-state index contributed by atoms with van der Waals surface area (Å²) in [5, 5.41) is 10.5. The molecule has 1 saturated carbocycles. The number of aromatic hydroxyl groups is 1. The van der Waals surface area contributed by atoms with Crippen LogP contribution in [0, 0.1) is 23.6 Å². The molecule has 4 aliphatic rings. The number of hydrogen-bond acceptors (Lipinski definition) is 7. The van der Waals surface area contributed by atoms with Crippen molar-refractivity contribution in [2.24, 2.45) is 23.5 Å². The normalized spacial score (nSPS) is 32.0. The van der Waals surface area contributed by atoms with Gasteiger partial charge in [0.15, 0.2) is 21.2 Å². The lowest BCUT2D eigenvalue weighted by atomic mass is 9.56. The number of rotatable bonds is 3. The maximum atomic E-state index is 14.3. The first-order chi connectivity index (χ1) is 19.8. The van der Waals surface area contributed by atoms with Crippen LogP contribution in [-0.4, -0.2) is 56.5 Å². The first-order valence-electron chi connectivity index (χ1n) is 12.7. The molecule has 14 heteroatoms. The minimum Gasteiger partial charge on any atom is -0.503 e. The van der Waals surface area contributed by atoms with E-state index in [4.69, 9.17) is 33.7 Å². The molecule has 2 saturated heterocycles. The van der Waals surface area contributed by atoms with E-state index in [0.717, 1.165) is 17.0 Å². The summed E-state index contributed by atoms with van der Waals surface area (Å²) in [6, 6.07) is 6.35. The van der Waals surface area contributed by atoms with Gasteiger partial charge in [0.2, 0.25) is 11.8 Å². The summed E-state index contributed by atoms with van der Waals surface area (Å²) in [4.78, 5) is 63.8. The minimum atomic E-state index is -2.17. The number of alkyl halides is 2. The predicted molar refractivity (Wildman–Crippen MR) is 150 cm³/mol. The second-order valence-corrected chi connectivity index (χ2v) is 12.8. The number of benzene rings is 2. The quantitative estimate of drug-likeness (QED) is 0.284. The van der Waals surface area contributed by atoms with Gasteiger partial charge in [0.05, 0.1) is 29.1 Å². The predicted octanol–water partition coefficient (Wildman–Crippen LogP) is 3.94. The van der Waals surface area contributed by atoms with Crippen molar-refractivity contribution >= 4 is 74.5 Å². The van der Waals surface area contributed by atoms with Crippen LogP contribution < -0.4 is 15.4 Å². The number of amides is 6. The number of imide groups is 4. The number of carbonyl (C=O) groups is 5. The largest absolute Gasteiger partial charge is 0.503 e. The van der Waals surface area contributed by atoms with Gasteiger partial charge in [-0.2, -0.15) is 4.90 Å². The minimum absolute atomic E-state index is 0.0235. The molecule has 6 rings (SSSR count). The van der Waals surface area contributed by atoms with Gasteiger partial charge in [-0.15, -0.1) is 23.2 Å². The van der Waals surface area contributed by atoms with Gasteiger partial charge in [0.25, 0.3) is 11.8 Å². The summed E-state index contributed by atoms with van der Waals surface area (Å²) in [7, 11) is 1.32. The topological polar surface area (TPSA) is 147 Å². The third-order valence-corrected chi connectivity index (χ3v) is 10.7. The smallest absolute Gasteiger partial charge is 0.328 e. The number of halogens is 4. The van der Waals surface area contributed by atoms with Crippen LogP contribution in [0.1, 0.15) is 24.3 Å². The molecular weight excluding hydrogens is 660 g/mol. The van der Waals surface area contributed by atoms with E-state index in [-0.39, 0.29) is 34.5 Å². The lowest BCUT2D eigenvalue weighted by Crippen LogP contribution is -2.60. The van der Waals surface area contributed by atoms with E-state index in [1.165, 1.54) is 31.4 Å². The number of ether oxygens (including phenoxy) is 1. The summed E-state index contributed by atoms with van der Waals surface area (Å²) in [6.45, 7) is 0. The fourth-order valence-corrected chi connectivity index (χ4v) is 8.30. The molecule has 42 heavy (non-hydrogen) atoms. The van der Waals surface area contributed by atoms with E-state index >= 15 is 0 Å². The molecule has 218 valence electrons. The van der Waals surface area contributed by atoms with Crippen molar-refractivity contribution in [1.29, 1.82) is 0 Å². The molecule has 3 fully saturated rings. The summed E-state index contributed by atoms with van der Waals surface area (Å²) < 4.78 is 19.3. The van der Waals surface area contributed by atoms with Crippen molar-refractivity contribution < 1.29 is 38.2 Å². The number of phenols is 1. The molecule has 2 aliphatic carbocycles. The Bertz CT molecular complexity index is 1650. The number of primary amides is 1. The van der Waals surface area contributed by atoms with E-state index < -0.39 is 68.9 Å². The van der Waals surface area contributed by atoms with Crippen LogP contribution in [0.2, 0.25) is 0 Å². The van der Waals surface area contributed by atoms with Crippen LogP contribution >= 0.6 is 39.1 Å². The second kappa shape index (κ2) is 9.51. The number of nitrogens with zero attached hydrogens (tertiary/aromatic N) is 2. The Morgan fingerprint density at radius 2 is 1.76 bits per heavy atom. The number of allylic oxidation sites excluding steroid dienone is 2. The van der Waals surface area contributed by atoms with Crippen LogP contribution in [0.3, 0.4) is 0 Å². The molecule has 6 atom stereocenters. The van der Waals surface area contributed by atoms with Gasteiger partial charge in [-0.1, -0.05) is 11.6 Å². The first-order valence-corrected chi connectivity index (χ1v) is 14.3. The van der Waals surface area contributed by atoms with E-state index in [2.05, 4.69) is 15.9 Å². The number of fused-ring (bicyclic) bond motifs is 4. The molecule has 0 bridgehead atoms. The molecule has 10 nitrogen and oxygen atoms in total. The van der Waals surface area contributed by atoms with Crippen LogP contribution in [0.4, 0.5) is 14.9 Å². The molecule has 0 aromatic heterocycles. The zero-order valence-electron chi connectivity index (χ0n) is 21.6. The summed E-state index contributed by atoms with van der Waals surface area (Å²) >= 11 is 17.8. The molecular formula is C28H21BrCl2FN3O7. The Labute approximate surface area is 256 Å². The highest BCUT2D eigenvalue weighted by Crippen LogP contribution is 2.66. The van der Waals surface area contributed by atoms with Crippen molar-refractivity contribution in [1.82, 2.24) is 4.90 Å². The fraction of sp³-hybridized carbons (Fsp3) is 0.321. The van der Waals surface area contributed by atoms with Crippen molar-refractivity contribution in [2.45, 2.75) is 28.5 Å². The third-order valence-electron chi connectivity index (χ3n) is 8.72. The van der Waals surface area contributed by atoms with Crippen LogP contribution in [-0.2, 0) is 19.2 Å². The molecule has 0 spiro atoms. The average Bonchev–Trinajstić information content (AvgIpc) is 3.29. The van der Waals surface area contributed by atoms with Crippen molar-refractivity contribution in [3.63, 3.8) is 0 Å². The standard InChI is InChI=1S/C28H21BrCl2FN3O7/c1-42-18-9-11(8-17(29)21(18)36)20-14-6-7-15-19(23(38)35(22(15)37)26(33)41)16(14)10-27(30)24(39)34(25(40)28(20,27)31)13-4-2-12(32)3-5-13/h2-6,8-9,15-16,19-20,36H,7,10H2,1H3,(H2,33,41). The molecule has 6 unspecified atom stereocenters. The highest BCUT2D eigenvalue weighted by atomic mass is 79.9. The Morgan fingerprint density at radius 3 is 2.38 bits per heavy atom. The summed E-state index contributed by atoms with van der Waals surface area (Å²) in [5.41, 5.74) is 6.16. The lowest BCUT2D eigenvalue weighted by Gasteiger charge is -2.50. The summed E-state index contributed by atoms with van der Waals surface area (Å²) in [6.07, 6.45) is 1.38. The Balaban J connectivity index is 1.59. The Morgan fingerprint density at radius 1 is 1.10 bits per heavy atom. The number of anilines is 1. The van der Waals surface area contributed by atoms with Crippen molar-refractivity contribution in [3.8, 4) is 11.5 Å². The van der Waals surface area contributed by atoms with E-state index in [1.54, 1.807) is 6.08 Å². The molecule has 2 aliphatic heterocycles. The van der Waals surface area contributed by atoms with Gasteiger partial charge in [-0.25, -0.2) is 14.1 Å². The monoisotopic (exact) mass is 679 g/mol. The van der Waals surface area contributed by atoms with Crippen LogP contribution in [0.25, 0.3) is 0 Å². The van der Waals surface area contributed by atoms with Gasteiger partial charge < -0.3 is 15.6 Å². The fourth-order valence-electron chi connectivity index (χ4n) is 6.91. The molecule has 2 aromatic carbocycles. The van der Waals surface area contributed by atoms with Gasteiger partial charge in [0, 0.05) is 5.92 Å². The maximum Gasteiger partial charge on any atom is 0.328 e.